The van der Waals surface area contributed by atoms with Gasteiger partial charge in [0.25, 0.3) is 0 Å². The van der Waals surface area contributed by atoms with Gasteiger partial charge in [0.05, 0.1) is 17.6 Å². The van der Waals surface area contributed by atoms with Gasteiger partial charge in [-0.1, -0.05) is 27.7 Å². The van der Waals surface area contributed by atoms with Gasteiger partial charge in [0.2, 0.25) is 5.91 Å². The van der Waals surface area contributed by atoms with Crippen LogP contribution in [0.3, 0.4) is 0 Å². The average Bonchev–Trinajstić information content (AvgIpc) is 2.72. The molecule has 1 aromatic rings. The number of ether oxygens (including phenoxy) is 2. The molecule has 34 heavy (non-hydrogen) atoms. The Kier molecular flexibility index (Phi) is 11.7. The first kappa shape index (κ1) is 29.1. The lowest BCUT2D eigenvalue weighted by Crippen LogP contribution is -2.51. The molecule has 0 unspecified atom stereocenters. The zero-order valence-corrected chi connectivity index (χ0v) is 21.2. The summed E-state index contributed by atoms with van der Waals surface area (Å²) in [5.74, 6) is -1.65. The largest absolute Gasteiger partial charge is 0.482 e. The van der Waals surface area contributed by atoms with E-state index in [1.165, 1.54) is 0 Å². The molecule has 0 aliphatic heterocycles. The molecule has 9 nitrogen and oxygen atoms in total. The first-order valence-corrected chi connectivity index (χ1v) is 11.5. The molecular weight excluding hydrogens is 440 g/mol. The summed E-state index contributed by atoms with van der Waals surface area (Å²) in [6, 6.07) is 1.90. The minimum absolute atomic E-state index is 0.144. The second kappa shape index (κ2) is 13.7. The van der Waals surface area contributed by atoms with E-state index in [-0.39, 0.29) is 23.2 Å². The van der Waals surface area contributed by atoms with E-state index in [4.69, 9.17) is 14.6 Å². The number of aryl methyl sites for hydroxylation is 2. The van der Waals surface area contributed by atoms with Crippen LogP contribution in [0.4, 0.5) is 0 Å². The Morgan fingerprint density at radius 1 is 0.912 bits per heavy atom. The molecule has 9 heteroatoms. The highest BCUT2D eigenvalue weighted by Gasteiger charge is 2.27. The topological polar surface area (TPSA) is 131 Å². The van der Waals surface area contributed by atoms with E-state index >= 15 is 0 Å². The number of carbonyl (C=O) groups is 4. The number of carbonyl (C=O) groups excluding carboxylic acids is 3. The number of ketones is 1. The number of hydrogen-bond acceptors (Lipinski definition) is 7. The van der Waals surface area contributed by atoms with Crippen LogP contribution in [-0.2, 0) is 19.1 Å². The smallest absolute Gasteiger partial charge is 0.341 e. The number of carboxylic acid groups (broad SMARTS) is 1. The first-order valence-electron chi connectivity index (χ1n) is 11.5. The SMILES string of the molecule is CN[C@@H](CC(C)C)C(=O)N[C@@H](CC(C)C)C(=O)COC(=O)c1c(C)cc(OCC(=O)O)cc1C. The maximum atomic E-state index is 12.9. The van der Waals surface area contributed by atoms with Crippen LogP contribution in [0.25, 0.3) is 0 Å². The quantitative estimate of drug-likeness (QED) is 0.348. The van der Waals surface area contributed by atoms with E-state index in [0.29, 0.717) is 35.6 Å². The van der Waals surface area contributed by atoms with Crippen LogP contribution in [0, 0.1) is 25.7 Å². The first-order chi connectivity index (χ1) is 15.8. The second-order valence-corrected chi connectivity index (χ2v) is 9.32. The van der Waals surface area contributed by atoms with Gasteiger partial charge in [-0.2, -0.15) is 0 Å². The summed E-state index contributed by atoms with van der Waals surface area (Å²) in [5.41, 5.74) is 1.36. The fourth-order valence-corrected chi connectivity index (χ4v) is 3.63. The molecule has 0 aliphatic rings. The van der Waals surface area contributed by atoms with Gasteiger partial charge < -0.3 is 25.2 Å². The van der Waals surface area contributed by atoms with Gasteiger partial charge >= 0.3 is 11.9 Å². The second-order valence-electron chi connectivity index (χ2n) is 9.32. The van der Waals surface area contributed by atoms with Crippen molar-refractivity contribution >= 4 is 23.6 Å². The Bertz CT molecular complexity index is 857. The van der Waals surface area contributed by atoms with Crippen molar-refractivity contribution in [3.63, 3.8) is 0 Å². The molecule has 0 heterocycles. The predicted octanol–water partition coefficient (Wildman–Crippen LogP) is 2.66. The number of hydrogen-bond donors (Lipinski definition) is 3. The lowest BCUT2D eigenvalue weighted by Gasteiger charge is -2.24. The Balaban J connectivity index is 2.88. The van der Waals surface area contributed by atoms with Crippen molar-refractivity contribution in [3.05, 3.63) is 28.8 Å². The monoisotopic (exact) mass is 478 g/mol. The molecule has 0 aromatic heterocycles. The Morgan fingerprint density at radius 3 is 1.91 bits per heavy atom. The van der Waals surface area contributed by atoms with Crippen molar-refractivity contribution in [2.24, 2.45) is 11.8 Å². The number of aliphatic carboxylic acids is 1. The molecule has 0 spiro atoms. The van der Waals surface area contributed by atoms with E-state index in [0.717, 1.165) is 0 Å². The third-order valence-electron chi connectivity index (χ3n) is 5.20. The minimum Gasteiger partial charge on any atom is -0.482 e. The molecule has 0 radical (unpaired) electrons. The van der Waals surface area contributed by atoms with Crippen molar-refractivity contribution in [2.75, 3.05) is 20.3 Å². The third-order valence-corrected chi connectivity index (χ3v) is 5.20. The van der Waals surface area contributed by atoms with Crippen LogP contribution >= 0.6 is 0 Å². The number of Topliss-reactive ketones (excluding diaryl/α,β-unsaturated/α-hetero) is 1. The predicted molar refractivity (Wildman–Crippen MR) is 128 cm³/mol. The highest BCUT2D eigenvalue weighted by atomic mass is 16.5. The van der Waals surface area contributed by atoms with Crippen LogP contribution in [0.2, 0.25) is 0 Å². The van der Waals surface area contributed by atoms with Crippen LogP contribution in [0.1, 0.15) is 62.0 Å². The number of rotatable bonds is 14. The van der Waals surface area contributed by atoms with Gasteiger partial charge in [0.15, 0.2) is 19.0 Å². The summed E-state index contributed by atoms with van der Waals surface area (Å²) in [6.07, 6.45) is 1.05. The van der Waals surface area contributed by atoms with Crippen LogP contribution in [0.15, 0.2) is 12.1 Å². The van der Waals surface area contributed by atoms with Crippen molar-refractivity contribution in [1.29, 1.82) is 0 Å². The summed E-state index contributed by atoms with van der Waals surface area (Å²) in [5, 5.41) is 14.6. The molecule has 0 fully saturated rings. The summed E-state index contributed by atoms with van der Waals surface area (Å²) in [6.45, 7) is 10.3. The minimum atomic E-state index is -1.11. The lowest BCUT2D eigenvalue weighted by atomic mass is 9.98. The highest BCUT2D eigenvalue weighted by Crippen LogP contribution is 2.23. The van der Waals surface area contributed by atoms with Crippen molar-refractivity contribution in [1.82, 2.24) is 10.6 Å². The van der Waals surface area contributed by atoms with Gasteiger partial charge in [-0.25, -0.2) is 9.59 Å². The zero-order valence-electron chi connectivity index (χ0n) is 21.2. The summed E-state index contributed by atoms with van der Waals surface area (Å²) < 4.78 is 10.5. The van der Waals surface area contributed by atoms with E-state index in [1.54, 1.807) is 33.0 Å². The molecule has 0 bridgehead atoms. The fraction of sp³-hybridized carbons (Fsp3) is 0.600. The molecule has 190 valence electrons. The Labute approximate surface area is 201 Å². The number of amides is 1. The van der Waals surface area contributed by atoms with Crippen molar-refractivity contribution < 1.29 is 33.8 Å². The molecule has 1 aromatic carbocycles. The van der Waals surface area contributed by atoms with Crippen LogP contribution < -0.4 is 15.4 Å². The third kappa shape index (κ3) is 9.51. The molecule has 0 aliphatic carbocycles. The number of nitrogens with one attached hydrogen (secondary N) is 2. The molecule has 2 atom stereocenters. The van der Waals surface area contributed by atoms with Gasteiger partial charge in [-0.15, -0.1) is 0 Å². The standard InChI is InChI=1S/C25H38N2O7/c1-14(2)8-19(27-24(31)20(26-7)9-15(3)4)21(28)12-34-25(32)23-16(5)10-18(11-17(23)6)33-13-22(29)30/h10-11,14-15,19-20,26H,8-9,12-13H2,1-7H3,(H,27,31)(H,29,30)/t19-,20-/m0/s1. The van der Waals surface area contributed by atoms with Gasteiger partial charge in [-0.3, -0.25) is 9.59 Å². The van der Waals surface area contributed by atoms with Gasteiger partial charge in [-0.05, 0) is 68.8 Å². The number of likely N-dealkylation sites (N-methyl/N-ethyl adjacent to an activating group) is 1. The fourth-order valence-electron chi connectivity index (χ4n) is 3.63. The number of esters is 1. The van der Waals surface area contributed by atoms with Crippen LogP contribution in [0.5, 0.6) is 5.75 Å². The molecule has 3 N–H and O–H groups in total. The Hall–Kier alpha value is -2.94. The van der Waals surface area contributed by atoms with Gasteiger partial charge in [0, 0.05) is 0 Å². The summed E-state index contributed by atoms with van der Waals surface area (Å²) in [7, 11) is 1.70. The maximum absolute atomic E-state index is 12.9. The van der Waals surface area contributed by atoms with E-state index < -0.39 is 37.2 Å². The van der Waals surface area contributed by atoms with E-state index in [2.05, 4.69) is 10.6 Å². The van der Waals surface area contributed by atoms with Crippen LogP contribution in [-0.4, -0.2) is 61.1 Å². The van der Waals surface area contributed by atoms with E-state index in [1.807, 2.05) is 27.7 Å². The van der Waals surface area contributed by atoms with Crippen molar-refractivity contribution in [2.45, 2.75) is 66.5 Å². The van der Waals surface area contributed by atoms with Gasteiger partial charge in [0.1, 0.15) is 5.75 Å². The summed E-state index contributed by atoms with van der Waals surface area (Å²) >= 11 is 0. The molecule has 0 saturated heterocycles. The zero-order chi connectivity index (χ0) is 26.0. The molecule has 0 saturated carbocycles. The average molecular weight is 479 g/mol. The molecule has 1 amide bonds. The van der Waals surface area contributed by atoms with E-state index in [9.17, 15) is 19.2 Å². The Morgan fingerprint density at radius 2 is 1.44 bits per heavy atom. The normalized spacial score (nSPS) is 12.9. The maximum Gasteiger partial charge on any atom is 0.341 e. The lowest BCUT2D eigenvalue weighted by molar-refractivity contribution is -0.139. The highest BCUT2D eigenvalue weighted by molar-refractivity contribution is 5.96. The molecule has 1 rings (SSSR count). The summed E-state index contributed by atoms with van der Waals surface area (Å²) in [4.78, 5) is 49.0. The number of benzene rings is 1. The molecular formula is C25H38N2O7. The van der Waals surface area contributed by atoms with Crippen molar-refractivity contribution in [3.8, 4) is 5.75 Å². The number of carboxylic acids is 1.